The van der Waals surface area contributed by atoms with Gasteiger partial charge in [-0.25, -0.2) is 0 Å². The molecular weight excluding hydrogens is 266 g/mol. The molecule has 0 heterocycles. The molecule has 1 N–H and O–H groups in total. The van der Waals surface area contributed by atoms with E-state index in [-0.39, 0.29) is 5.04 Å². The summed E-state index contributed by atoms with van der Waals surface area (Å²) < 4.78 is 11.3. The first kappa shape index (κ1) is 17.0. The Balaban J connectivity index is 2.25. The van der Waals surface area contributed by atoms with Gasteiger partial charge in [-0.3, -0.25) is 0 Å². The lowest BCUT2D eigenvalue weighted by atomic mass is 10.2. The second-order valence-corrected chi connectivity index (χ2v) is 11.4. The number of ether oxygens (including phenoxy) is 1. The summed E-state index contributed by atoms with van der Waals surface area (Å²) in [7, 11) is 0.0903. The van der Waals surface area contributed by atoms with E-state index in [1.54, 1.807) is 7.11 Å². The first-order chi connectivity index (χ1) is 9.26. The normalized spacial score (nSPS) is 12.3. The van der Waals surface area contributed by atoms with Gasteiger partial charge in [-0.1, -0.05) is 20.8 Å². The van der Waals surface area contributed by atoms with Crippen molar-refractivity contribution in [1.29, 1.82) is 0 Å². The van der Waals surface area contributed by atoms with Crippen molar-refractivity contribution in [2.75, 3.05) is 25.6 Å². The van der Waals surface area contributed by atoms with Crippen molar-refractivity contribution >= 4 is 14.0 Å². The second kappa shape index (κ2) is 7.13. The highest BCUT2D eigenvalue weighted by molar-refractivity contribution is 6.74. The molecule has 4 heteroatoms. The number of anilines is 1. The van der Waals surface area contributed by atoms with Crippen LogP contribution in [0.4, 0.5) is 5.69 Å². The molecule has 1 aromatic carbocycles. The molecule has 0 fully saturated rings. The molecule has 0 aliphatic rings. The zero-order chi connectivity index (χ0) is 15.2. The quantitative estimate of drug-likeness (QED) is 0.592. The zero-order valence-corrected chi connectivity index (χ0v) is 14.7. The van der Waals surface area contributed by atoms with Gasteiger partial charge < -0.3 is 14.5 Å². The fourth-order valence-corrected chi connectivity index (χ4v) is 2.65. The predicted molar refractivity (Wildman–Crippen MR) is 89.2 cm³/mol. The molecule has 0 radical (unpaired) electrons. The summed E-state index contributed by atoms with van der Waals surface area (Å²) in [5, 5.41) is 3.69. The van der Waals surface area contributed by atoms with Crippen molar-refractivity contribution in [2.24, 2.45) is 0 Å². The van der Waals surface area contributed by atoms with E-state index in [0.717, 1.165) is 31.0 Å². The summed E-state index contributed by atoms with van der Waals surface area (Å²) in [6.45, 7) is 13.2. The standard InChI is InChI=1S/C16H29NO2Si/c1-16(2,3)20(5,6)19-13-7-12-17-14-8-10-15(18-4)11-9-14/h8-11,17H,7,12-13H2,1-6H3. The van der Waals surface area contributed by atoms with E-state index in [2.05, 4.69) is 39.2 Å². The fourth-order valence-electron chi connectivity index (χ4n) is 1.56. The molecule has 0 aromatic heterocycles. The Morgan fingerprint density at radius 2 is 1.70 bits per heavy atom. The van der Waals surface area contributed by atoms with Crippen molar-refractivity contribution in [3.05, 3.63) is 24.3 Å². The lowest BCUT2D eigenvalue weighted by molar-refractivity contribution is 0.286. The Hall–Kier alpha value is -1.00. The van der Waals surface area contributed by atoms with Crippen LogP contribution < -0.4 is 10.1 Å². The van der Waals surface area contributed by atoms with Gasteiger partial charge in [0.2, 0.25) is 0 Å². The molecule has 0 aliphatic heterocycles. The van der Waals surface area contributed by atoms with E-state index in [9.17, 15) is 0 Å². The summed E-state index contributed by atoms with van der Waals surface area (Å²) >= 11 is 0. The first-order valence-electron chi connectivity index (χ1n) is 7.28. The molecule has 0 bridgehead atoms. The van der Waals surface area contributed by atoms with Gasteiger partial charge >= 0.3 is 0 Å². The number of hydrogen-bond donors (Lipinski definition) is 1. The van der Waals surface area contributed by atoms with Crippen LogP contribution in [0.3, 0.4) is 0 Å². The van der Waals surface area contributed by atoms with Gasteiger partial charge in [0.05, 0.1) is 7.11 Å². The number of rotatable bonds is 7. The molecule has 0 saturated heterocycles. The molecule has 0 atom stereocenters. The van der Waals surface area contributed by atoms with E-state index in [4.69, 9.17) is 9.16 Å². The minimum absolute atomic E-state index is 0.288. The lowest BCUT2D eigenvalue weighted by Gasteiger charge is -2.36. The maximum Gasteiger partial charge on any atom is 0.191 e. The average molecular weight is 295 g/mol. The number of benzene rings is 1. The predicted octanol–water partition coefficient (Wildman–Crippen LogP) is 4.52. The van der Waals surface area contributed by atoms with Crippen molar-refractivity contribution in [2.45, 2.75) is 45.3 Å². The summed E-state index contributed by atoms with van der Waals surface area (Å²) in [5.74, 6) is 0.886. The van der Waals surface area contributed by atoms with Gasteiger partial charge in [0.25, 0.3) is 0 Å². The number of methoxy groups -OCH3 is 1. The molecule has 20 heavy (non-hydrogen) atoms. The van der Waals surface area contributed by atoms with E-state index < -0.39 is 8.32 Å². The van der Waals surface area contributed by atoms with Crippen molar-refractivity contribution in [1.82, 2.24) is 0 Å². The van der Waals surface area contributed by atoms with Crippen LogP contribution >= 0.6 is 0 Å². The van der Waals surface area contributed by atoms with Crippen LogP contribution in [0.25, 0.3) is 0 Å². The third-order valence-electron chi connectivity index (χ3n) is 4.01. The largest absolute Gasteiger partial charge is 0.497 e. The summed E-state index contributed by atoms with van der Waals surface area (Å²) in [4.78, 5) is 0. The Kier molecular flexibility index (Phi) is 6.08. The van der Waals surface area contributed by atoms with E-state index >= 15 is 0 Å². The third-order valence-corrected chi connectivity index (χ3v) is 8.55. The Morgan fingerprint density at radius 1 is 1.10 bits per heavy atom. The van der Waals surface area contributed by atoms with Crippen molar-refractivity contribution in [3.63, 3.8) is 0 Å². The Labute approximate surface area is 124 Å². The molecule has 0 saturated carbocycles. The van der Waals surface area contributed by atoms with Gasteiger partial charge in [-0.15, -0.1) is 0 Å². The zero-order valence-electron chi connectivity index (χ0n) is 13.7. The van der Waals surface area contributed by atoms with Gasteiger partial charge in [-0.2, -0.15) is 0 Å². The highest BCUT2D eigenvalue weighted by atomic mass is 28.4. The minimum atomic E-state index is -1.59. The Morgan fingerprint density at radius 3 is 2.20 bits per heavy atom. The second-order valence-electron chi connectivity index (χ2n) is 6.62. The molecule has 1 aromatic rings. The van der Waals surface area contributed by atoms with Crippen LogP contribution in [0, 0.1) is 0 Å². The molecule has 0 amide bonds. The van der Waals surface area contributed by atoms with Gasteiger partial charge in [0.15, 0.2) is 8.32 Å². The van der Waals surface area contributed by atoms with Gasteiger partial charge in [-0.05, 0) is 48.8 Å². The van der Waals surface area contributed by atoms with Crippen LogP contribution in [0.2, 0.25) is 18.1 Å². The first-order valence-corrected chi connectivity index (χ1v) is 10.2. The van der Waals surface area contributed by atoms with Crippen LogP contribution in [0.5, 0.6) is 5.75 Å². The number of hydrogen-bond acceptors (Lipinski definition) is 3. The Bertz CT molecular complexity index is 396. The summed E-state index contributed by atoms with van der Waals surface area (Å²) in [6.07, 6.45) is 1.03. The molecule has 0 spiro atoms. The monoisotopic (exact) mass is 295 g/mol. The molecule has 3 nitrogen and oxygen atoms in total. The van der Waals surface area contributed by atoms with Crippen LogP contribution in [0.15, 0.2) is 24.3 Å². The van der Waals surface area contributed by atoms with Gasteiger partial charge in [0, 0.05) is 18.8 Å². The molecular formula is C16H29NO2Si. The smallest absolute Gasteiger partial charge is 0.191 e. The van der Waals surface area contributed by atoms with E-state index in [1.165, 1.54) is 0 Å². The molecule has 0 unspecified atom stereocenters. The topological polar surface area (TPSA) is 30.5 Å². The van der Waals surface area contributed by atoms with Crippen LogP contribution in [-0.4, -0.2) is 28.6 Å². The maximum atomic E-state index is 6.15. The molecule has 1 rings (SSSR count). The van der Waals surface area contributed by atoms with Crippen LogP contribution in [-0.2, 0) is 4.43 Å². The molecule has 114 valence electrons. The number of nitrogens with one attached hydrogen (secondary N) is 1. The van der Waals surface area contributed by atoms with Crippen LogP contribution in [0.1, 0.15) is 27.2 Å². The molecule has 0 aliphatic carbocycles. The fraction of sp³-hybridized carbons (Fsp3) is 0.625. The summed E-state index contributed by atoms with van der Waals surface area (Å²) in [5.41, 5.74) is 1.12. The van der Waals surface area contributed by atoms with Gasteiger partial charge in [0.1, 0.15) is 5.75 Å². The minimum Gasteiger partial charge on any atom is -0.497 e. The maximum absolute atomic E-state index is 6.15. The average Bonchev–Trinajstić information content (AvgIpc) is 2.37. The SMILES string of the molecule is COc1ccc(NCCCO[Si](C)(C)C(C)(C)C)cc1. The van der Waals surface area contributed by atoms with E-state index in [0.29, 0.717) is 0 Å². The van der Waals surface area contributed by atoms with Crippen molar-refractivity contribution in [3.8, 4) is 5.75 Å². The van der Waals surface area contributed by atoms with E-state index in [1.807, 2.05) is 24.3 Å². The third kappa shape index (κ3) is 5.17. The highest BCUT2D eigenvalue weighted by Gasteiger charge is 2.36. The van der Waals surface area contributed by atoms with Crippen molar-refractivity contribution < 1.29 is 9.16 Å². The summed E-state index contributed by atoms with van der Waals surface area (Å²) in [6, 6.07) is 8.00. The lowest BCUT2D eigenvalue weighted by Crippen LogP contribution is -2.41. The highest BCUT2D eigenvalue weighted by Crippen LogP contribution is 2.36.